The Kier molecular flexibility index (Phi) is 5.37. The first-order valence-corrected chi connectivity index (χ1v) is 12.7. The van der Waals surface area contributed by atoms with Crippen LogP contribution in [0.4, 0.5) is 28.2 Å². The minimum absolute atomic E-state index is 0.0301. The van der Waals surface area contributed by atoms with Crippen LogP contribution in [0.15, 0.2) is 12.3 Å². The summed E-state index contributed by atoms with van der Waals surface area (Å²) in [5.41, 5.74) is 4.98. The molecule has 0 radical (unpaired) electrons. The van der Waals surface area contributed by atoms with Gasteiger partial charge in [0.1, 0.15) is 0 Å². The Hall–Kier alpha value is -1.75. The number of rotatable bonds is 5. The molecule has 4 aliphatic rings. The SMILES string of the molecule is CC1CN(SCC23CCC24C(CC3NC(N)=O)C4(C)C)CCN1c1ncc(C(F)(F)F)cc1F. The number of piperazine rings is 1. The van der Waals surface area contributed by atoms with E-state index >= 15 is 0 Å². The number of nitrogens with zero attached hydrogens (tertiary/aromatic N) is 3. The van der Waals surface area contributed by atoms with E-state index in [9.17, 15) is 22.4 Å². The van der Waals surface area contributed by atoms with Crippen LogP contribution in [0.2, 0.25) is 0 Å². The van der Waals surface area contributed by atoms with Crippen LogP contribution in [0.3, 0.4) is 0 Å². The summed E-state index contributed by atoms with van der Waals surface area (Å²) in [6.45, 7) is 8.35. The van der Waals surface area contributed by atoms with Gasteiger partial charge in [0.2, 0.25) is 0 Å². The second-order valence-corrected chi connectivity index (χ2v) is 12.0. The van der Waals surface area contributed by atoms with Gasteiger partial charge >= 0.3 is 12.2 Å². The highest BCUT2D eigenvalue weighted by Gasteiger charge is 2.87. The summed E-state index contributed by atoms with van der Waals surface area (Å²) in [6, 6.07) is 0.0314. The number of urea groups is 1. The van der Waals surface area contributed by atoms with Crippen LogP contribution in [0.5, 0.6) is 0 Å². The Balaban J connectivity index is 1.25. The van der Waals surface area contributed by atoms with Crippen molar-refractivity contribution < 1.29 is 22.4 Å². The number of carbonyl (C=O) groups excluding carboxylic acids is 1. The zero-order valence-electron chi connectivity index (χ0n) is 19.6. The summed E-state index contributed by atoms with van der Waals surface area (Å²) < 4.78 is 55.3. The van der Waals surface area contributed by atoms with Crippen molar-refractivity contribution in [2.45, 2.75) is 58.3 Å². The van der Waals surface area contributed by atoms with E-state index in [4.69, 9.17) is 5.73 Å². The minimum Gasteiger partial charge on any atom is -0.352 e. The number of hydrogen-bond donors (Lipinski definition) is 2. The van der Waals surface area contributed by atoms with Gasteiger partial charge in [-0.25, -0.2) is 18.5 Å². The largest absolute Gasteiger partial charge is 0.417 e. The molecule has 0 aromatic carbocycles. The molecule has 0 bridgehead atoms. The van der Waals surface area contributed by atoms with Crippen LogP contribution >= 0.6 is 11.9 Å². The summed E-state index contributed by atoms with van der Waals surface area (Å²) in [6.07, 6.45) is -0.699. The van der Waals surface area contributed by atoms with Gasteiger partial charge in [0, 0.05) is 49.1 Å². The number of primary amides is 1. The highest BCUT2D eigenvalue weighted by molar-refractivity contribution is 7.97. The molecule has 3 aliphatic carbocycles. The van der Waals surface area contributed by atoms with Crippen molar-refractivity contribution in [2.24, 2.45) is 27.9 Å². The van der Waals surface area contributed by atoms with Gasteiger partial charge in [0.05, 0.1) is 5.56 Å². The van der Waals surface area contributed by atoms with E-state index in [2.05, 4.69) is 28.5 Å². The van der Waals surface area contributed by atoms with Crippen molar-refractivity contribution in [1.82, 2.24) is 14.6 Å². The molecule has 2 amide bonds. The van der Waals surface area contributed by atoms with Crippen LogP contribution in [0.25, 0.3) is 0 Å². The average molecular weight is 502 g/mol. The lowest BCUT2D eigenvalue weighted by molar-refractivity contribution is -0.138. The third-order valence-electron chi connectivity index (χ3n) is 9.36. The molecule has 5 atom stereocenters. The maximum atomic E-state index is 14.5. The smallest absolute Gasteiger partial charge is 0.352 e. The van der Waals surface area contributed by atoms with Crippen molar-refractivity contribution >= 4 is 23.8 Å². The zero-order chi connectivity index (χ0) is 24.7. The van der Waals surface area contributed by atoms with Gasteiger partial charge in [-0.15, -0.1) is 0 Å². The molecule has 2 heterocycles. The van der Waals surface area contributed by atoms with Crippen LogP contribution in [-0.4, -0.2) is 52.8 Å². The van der Waals surface area contributed by atoms with Gasteiger partial charge in [-0.05, 0) is 49.0 Å². The molecule has 5 rings (SSSR count). The van der Waals surface area contributed by atoms with Gasteiger partial charge in [-0.1, -0.05) is 25.8 Å². The second kappa shape index (κ2) is 7.62. The second-order valence-electron chi connectivity index (χ2n) is 10.9. The summed E-state index contributed by atoms with van der Waals surface area (Å²) in [5.74, 6) is 0.505. The summed E-state index contributed by atoms with van der Waals surface area (Å²) in [7, 11) is 0. The van der Waals surface area contributed by atoms with Crippen molar-refractivity contribution in [1.29, 1.82) is 0 Å². The normalized spacial score (nSPS) is 36.4. The van der Waals surface area contributed by atoms with Crippen LogP contribution in [0.1, 0.15) is 45.6 Å². The lowest BCUT2D eigenvalue weighted by atomic mass is 9.54. The number of carbonyl (C=O) groups is 1. The molecular formula is C23H31F4N5OS. The lowest BCUT2D eigenvalue weighted by Crippen LogP contribution is -2.59. The maximum Gasteiger partial charge on any atom is 0.417 e. The van der Waals surface area contributed by atoms with E-state index in [0.29, 0.717) is 37.8 Å². The van der Waals surface area contributed by atoms with E-state index < -0.39 is 23.6 Å². The van der Waals surface area contributed by atoms with Gasteiger partial charge in [0.25, 0.3) is 0 Å². The quantitative estimate of drug-likeness (QED) is 0.466. The van der Waals surface area contributed by atoms with Gasteiger partial charge < -0.3 is 16.0 Å². The molecule has 5 unspecified atom stereocenters. The number of anilines is 1. The van der Waals surface area contributed by atoms with E-state index in [-0.39, 0.29) is 34.1 Å². The van der Waals surface area contributed by atoms with Crippen molar-refractivity contribution in [2.75, 3.05) is 30.3 Å². The van der Waals surface area contributed by atoms with Crippen molar-refractivity contribution in [3.05, 3.63) is 23.6 Å². The van der Waals surface area contributed by atoms with Crippen LogP contribution < -0.4 is 16.0 Å². The van der Waals surface area contributed by atoms with Crippen molar-refractivity contribution in [3.8, 4) is 0 Å². The molecular weight excluding hydrogens is 470 g/mol. The predicted octanol–water partition coefficient (Wildman–Crippen LogP) is 4.26. The fourth-order valence-electron chi connectivity index (χ4n) is 7.64. The molecule has 11 heteroatoms. The highest BCUT2D eigenvalue weighted by atomic mass is 32.2. The topological polar surface area (TPSA) is 74.5 Å². The Labute approximate surface area is 201 Å². The monoisotopic (exact) mass is 501 g/mol. The fourth-order valence-corrected chi connectivity index (χ4v) is 9.19. The molecule has 1 aromatic rings. The molecule has 4 fully saturated rings. The molecule has 1 spiro atoms. The third-order valence-corrected chi connectivity index (χ3v) is 10.7. The summed E-state index contributed by atoms with van der Waals surface area (Å²) >= 11 is 1.77. The number of hydrogen-bond acceptors (Lipinski definition) is 5. The average Bonchev–Trinajstić information content (AvgIpc) is 3.15. The number of pyridine rings is 1. The number of amides is 2. The maximum absolute atomic E-state index is 14.5. The summed E-state index contributed by atoms with van der Waals surface area (Å²) in [4.78, 5) is 17.2. The molecule has 34 heavy (non-hydrogen) atoms. The Morgan fingerprint density at radius 2 is 2.06 bits per heavy atom. The fraction of sp³-hybridized carbons (Fsp3) is 0.739. The molecule has 1 aliphatic heterocycles. The number of nitrogens with two attached hydrogens (primary N) is 1. The Morgan fingerprint density at radius 3 is 2.62 bits per heavy atom. The highest BCUT2D eigenvalue weighted by Crippen LogP contribution is 2.90. The lowest BCUT2D eigenvalue weighted by Gasteiger charge is -2.55. The first-order chi connectivity index (χ1) is 15.8. The predicted molar refractivity (Wildman–Crippen MR) is 123 cm³/mol. The number of alkyl halides is 3. The molecule has 1 saturated heterocycles. The number of aromatic nitrogens is 1. The molecule has 6 nitrogen and oxygen atoms in total. The van der Waals surface area contributed by atoms with Crippen LogP contribution in [-0.2, 0) is 6.18 Å². The van der Waals surface area contributed by atoms with E-state index in [1.807, 2.05) is 6.92 Å². The van der Waals surface area contributed by atoms with Gasteiger partial charge in [-0.2, -0.15) is 13.2 Å². The first kappa shape index (κ1) is 24.0. The molecule has 188 valence electrons. The molecule has 3 N–H and O–H groups in total. The zero-order valence-corrected chi connectivity index (χ0v) is 20.4. The number of halogens is 4. The van der Waals surface area contributed by atoms with E-state index in [1.165, 1.54) is 6.42 Å². The van der Waals surface area contributed by atoms with E-state index in [0.717, 1.165) is 18.6 Å². The third kappa shape index (κ3) is 3.25. The molecule has 1 aromatic heterocycles. The van der Waals surface area contributed by atoms with E-state index in [1.54, 1.807) is 16.8 Å². The minimum atomic E-state index is -4.62. The number of nitrogens with one attached hydrogen (secondary N) is 1. The Morgan fingerprint density at radius 1 is 1.32 bits per heavy atom. The Bertz CT molecular complexity index is 1010. The molecule has 3 saturated carbocycles. The first-order valence-electron chi connectivity index (χ1n) is 11.8. The van der Waals surface area contributed by atoms with Crippen LogP contribution in [0, 0.1) is 28.0 Å². The van der Waals surface area contributed by atoms with Gasteiger partial charge in [-0.3, -0.25) is 0 Å². The standard InChI is InChI=1S/C23H31F4N5OS/c1-13-11-31(6-7-32(13)18-15(24)8-14(10-29-18)23(25,26)27)34-12-21-4-5-22(21)16(20(22,2)3)9-17(21)30-19(28)33/h8,10,13,16-17H,4-7,9,11-12H2,1-3H3,(H3,28,30,33). The van der Waals surface area contributed by atoms with Crippen molar-refractivity contribution in [3.63, 3.8) is 0 Å². The van der Waals surface area contributed by atoms with Gasteiger partial charge in [0.15, 0.2) is 11.6 Å². The summed E-state index contributed by atoms with van der Waals surface area (Å²) in [5, 5.41) is 3.02.